The fourth-order valence-corrected chi connectivity index (χ4v) is 1.80. The van der Waals surface area contributed by atoms with E-state index in [1.54, 1.807) is 30.3 Å². The highest BCUT2D eigenvalue weighted by atomic mass is 35.5. The SMILES string of the molecule is COc1cc(Cl)ccc1C(=O)Nc1cccc(O)c1. The van der Waals surface area contributed by atoms with Gasteiger partial charge >= 0.3 is 0 Å². The lowest BCUT2D eigenvalue weighted by Gasteiger charge is -2.09. The van der Waals surface area contributed by atoms with Gasteiger partial charge in [0.05, 0.1) is 12.7 Å². The molecule has 5 heteroatoms. The largest absolute Gasteiger partial charge is 0.508 e. The molecule has 4 nitrogen and oxygen atoms in total. The lowest BCUT2D eigenvalue weighted by molar-refractivity contribution is 0.102. The Hall–Kier alpha value is -2.20. The van der Waals surface area contributed by atoms with Gasteiger partial charge in [0, 0.05) is 16.8 Å². The summed E-state index contributed by atoms with van der Waals surface area (Å²) in [6.45, 7) is 0. The molecule has 0 radical (unpaired) electrons. The predicted molar refractivity (Wildman–Crippen MR) is 74.1 cm³/mol. The number of carbonyl (C=O) groups excluding carboxylic acids is 1. The molecule has 0 spiro atoms. The van der Waals surface area contributed by atoms with Crippen LogP contribution in [0.25, 0.3) is 0 Å². The van der Waals surface area contributed by atoms with Crippen molar-refractivity contribution in [1.29, 1.82) is 0 Å². The molecule has 0 aromatic heterocycles. The van der Waals surface area contributed by atoms with Gasteiger partial charge < -0.3 is 15.2 Å². The Morgan fingerprint density at radius 1 is 1.26 bits per heavy atom. The minimum absolute atomic E-state index is 0.0841. The average molecular weight is 278 g/mol. The molecule has 0 bridgehead atoms. The first-order valence-electron chi connectivity index (χ1n) is 5.54. The molecule has 0 aliphatic heterocycles. The zero-order valence-electron chi connectivity index (χ0n) is 10.2. The van der Waals surface area contributed by atoms with Gasteiger partial charge in [-0.2, -0.15) is 0 Å². The van der Waals surface area contributed by atoms with Crippen LogP contribution < -0.4 is 10.1 Å². The molecule has 1 amide bonds. The van der Waals surface area contributed by atoms with Gasteiger partial charge in [0.1, 0.15) is 11.5 Å². The number of halogens is 1. The molecule has 0 fully saturated rings. The van der Waals surface area contributed by atoms with Crippen molar-refractivity contribution in [3.05, 3.63) is 53.1 Å². The van der Waals surface area contributed by atoms with Crippen LogP contribution in [0.4, 0.5) is 5.69 Å². The molecule has 0 atom stereocenters. The predicted octanol–water partition coefficient (Wildman–Crippen LogP) is 3.31. The Morgan fingerprint density at radius 2 is 2.05 bits per heavy atom. The number of methoxy groups -OCH3 is 1. The number of ether oxygens (including phenoxy) is 1. The van der Waals surface area contributed by atoms with Crippen LogP contribution >= 0.6 is 11.6 Å². The van der Waals surface area contributed by atoms with Crippen molar-refractivity contribution in [1.82, 2.24) is 0 Å². The van der Waals surface area contributed by atoms with E-state index in [0.29, 0.717) is 22.0 Å². The number of aromatic hydroxyl groups is 1. The average Bonchev–Trinajstić information content (AvgIpc) is 2.38. The van der Waals surface area contributed by atoms with E-state index in [1.807, 2.05) is 0 Å². The van der Waals surface area contributed by atoms with Gasteiger partial charge in [0.25, 0.3) is 5.91 Å². The van der Waals surface area contributed by atoms with Crippen molar-refractivity contribution < 1.29 is 14.6 Å². The number of rotatable bonds is 3. The summed E-state index contributed by atoms with van der Waals surface area (Å²) in [6.07, 6.45) is 0. The maximum atomic E-state index is 12.1. The number of nitrogens with one attached hydrogen (secondary N) is 1. The molecule has 0 heterocycles. The van der Waals surface area contributed by atoms with E-state index in [1.165, 1.54) is 19.2 Å². The van der Waals surface area contributed by atoms with Crippen molar-refractivity contribution in [3.8, 4) is 11.5 Å². The molecule has 0 saturated heterocycles. The number of hydrogen-bond acceptors (Lipinski definition) is 3. The Morgan fingerprint density at radius 3 is 2.74 bits per heavy atom. The Bertz CT molecular complexity index is 613. The smallest absolute Gasteiger partial charge is 0.259 e. The first-order chi connectivity index (χ1) is 9.10. The molecule has 98 valence electrons. The Kier molecular flexibility index (Phi) is 3.92. The minimum Gasteiger partial charge on any atom is -0.508 e. The number of benzene rings is 2. The molecule has 2 aromatic rings. The first kappa shape index (κ1) is 13.2. The topological polar surface area (TPSA) is 58.6 Å². The van der Waals surface area contributed by atoms with Crippen molar-refractivity contribution >= 4 is 23.2 Å². The van der Waals surface area contributed by atoms with Crippen LogP contribution in [0.3, 0.4) is 0 Å². The molecular weight excluding hydrogens is 266 g/mol. The van der Waals surface area contributed by atoms with Crippen LogP contribution in [-0.4, -0.2) is 18.1 Å². The van der Waals surface area contributed by atoms with Crippen LogP contribution in [0.2, 0.25) is 5.02 Å². The standard InChI is InChI=1S/C14H12ClNO3/c1-19-13-7-9(15)5-6-12(13)14(18)16-10-3-2-4-11(17)8-10/h2-8,17H,1H3,(H,16,18). The highest BCUT2D eigenvalue weighted by molar-refractivity contribution is 6.31. The molecule has 2 aromatic carbocycles. The third-order valence-electron chi connectivity index (χ3n) is 2.51. The molecule has 2 N–H and O–H groups in total. The van der Waals surface area contributed by atoms with E-state index in [4.69, 9.17) is 16.3 Å². The van der Waals surface area contributed by atoms with E-state index in [2.05, 4.69) is 5.32 Å². The number of phenols is 1. The quantitative estimate of drug-likeness (QED) is 0.905. The lowest BCUT2D eigenvalue weighted by Crippen LogP contribution is -2.13. The van der Waals surface area contributed by atoms with Crippen molar-refractivity contribution in [3.63, 3.8) is 0 Å². The molecule has 0 saturated carbocycles. The summed E-state index contributed by atoms with van der Waals surface area (Å²) in [5.74, 6) is 0.144. The second kappa shape index (κ2) is 5.63. The van der Waals surface area contributed by atoms with Crippen LogP contribution in [0.5, 0.6) is 11.5 Å². The molecular formula is C14H12ClNO3. The molecule has 0 aliphatic rings. The summed E-state index contributed by atoms with van der Waals surface area (Å²) in [4.78, 5) is 12.1. The van der Waals surface area contributed by atoms with Gasteiger partial charge in [-0.05, 0) is 30.3 Å². The molecule has 19 heavy (non-hydrogen) atoms. The third kappa shape index (κ3) is 3.17. The van der Waals surface area contributed by atoms with Crippen molar-refractivity contribution in [2.45, 2.75) is 0 Å². The highest BCUT2D eigenvalue weighted by Gasteiger charge is 2.12. The van der Waals surface area contributed by atoms with Crippen molar-refractivity contribution in [2.24, 2.45) is 0 Å². The van der Waals surface area contributed by atoms with E-state index in [9.17, 15) is 9.90 Å². The lowest BCUT2D eigenvalue weighted by atomic mass is 10.2. The van der Waals surface area contributed by atoms with Gasteiger partial charge in [-0.25, -0.2) is 0 Å². The van der Waals surface area contributed by atoms with E-state index >= 15 is 0 Å². The number of amides is 1. The maximum absolute atomic E-state index is 12.1. The fourth-order valence-electron chi connectivity index (χ4n) is 1.63. The van der Waals surface area contributed by atoms with Crippen LogP contribution in [0, 0.1) is 0 Å². The molecule has 0 unspecified atom stereocenters. The summed E-state index contributed by atoms with van der Waals surface area (Å²) in [7, 11) is 1.47. The van der Waals surface area contributed by atoms with Crippen LogP contribution in [0.1, 0.15) is 10.4 Å². The molecule has 0 aliphatic carbocycles. The van der Waals surface area contributed by atoms with Gasteiger partial charge in [0.2, 0.25) is 0 Å². The third-order valence-corrected chi connectivity index (χ3v) is 2.75. The second-order valence-electron chi connectivity index (χ2n) is 3.85. The summed E-state index contributed by atoms with van der Waals surface area (Å²) in [6, 6.07) is 11.1. The Balaban J connectivity index is 2.25. The van der Waals surface area contributed by atoms with Crippen molar-refractivity contribution in [2.75, 3.05) is 12.4 Å². The summed E-state index contributed by atoms with van der Waals surface area (Å²) in [5.41, 5.74) is 0.872. The van der Waals surface area contributed by atoms with E-state index < -0.39 is 0 Å². The number of phenolic OH excluding ortho intramolecular Hbond substituents is 1. The van der Waals surface area contributed by atoms with Gasteiger partial charge in [0.15, 0.2) is 0 Å². The summed E-state index contributed by atoms with van der Waals surface area (Å²) in [5, 5.41) is 12.5. The maximum Gasteiger partial charge on any atom is 0.259 e. The van der Waals surface area contributed by atoms with Gasteiger partial charge in [-0.1, -0.05) is 17.7 Å². The van der Waals surface area contributed by atoms with Crippen LogP contribution in [0.15, 0.2) is 42.5 Å². The first-order valence-corrected chi connectivity index (χ1v) is 5.92. The van der Waals surface area contributed by atoms with Crippen LogP contribution in [-0.2, 0) is 0 Å². The van der Waals surface area contributed by atoms with Gasteiger partial charge in [-0.15, -0.1) is 0 Å². The normalized spacial score (nSPS) is 10.0. The Labute approximate surface area is 115 Å². The number of carbonyl (C=O) groups is 1. The number of anilines is 1. The minimum atomic E-state index is -0.334. The summed E-state index contributed by atoms with van der Waals surface area (Å²) < 4.78 is 5.11. The zero-order valence-corrected chi connectivity index (χ0v) is 10.9. The second-order valence-corrected chi connectivity index (χ2v) is 4.29. The van der Waals surface area contributed by atoms with E-state index in [0.717, 1.165) is 0 Å². The highest BCUT2D eigenvalue weighted by Crippen LogP contribution is 2.24. The fraction of sp³-hybridized carbons (Fsp3) is 0.0714. The summed E-state index contributed by atoms with van der Waals surface area (Å²) >= 11 is 5.84. The van der Waals surface area contributed by atoms with Gasteiger partial charge in [-0.3, -0.25) is 4.79 Å². The zero-order chi connectivity index (χ0) is 13.8. The van der Waals surface area contributed by atoms with E-state index in [-0.39, 0.29) is 11.7 Å². The monoisotopic (exact) mass is 277 g/mol. The molecule has 2 rings (SSSR count). The number of hydrogen-bond donors (Lipinski definition) is 2.